The van der Waals surface area contributed by atoms with Crippen LogP contribution in [0, 0.1) is 6.92 Å². The van der Waals surface area contributed by atoms with Crippen molar-refractivity contribution in [3.8, 4) is 0 Å². The molecule has 1 aliphatic carbocycles. The topological polar surface area (TPSA) is 78.8 Å². The van der Waals surface area contributed by atoms with Gasteiger partial charge in [0.15, 0.2) is 0 Å². The van der Waals surface area contributed by atoms with Gasteiger partial charge >= 0.3 is 0 Å². The van der Waals surface area contributed by atoms with E-state index in [2.05, 4.69) is 10.5 Å². The van der Waals surface area contributed by atoms with Gasteiger partial charge in [-0.3, -0.25) is 4.79 Å². The predicted molar refractivity (Wildman–Crippen MR) is 123 cm³/mol. The van der Waals surface area contributed by atoms with Crippen LogP contribution in [0.5, 0.6) is 0 Å². The lowest BCUT2D eigenvalue weighted by Crippen LogP contribution is -2.40. The molecular weight excluding hydrogens is 410 g/mol. The van der Waals surface area contributed by atoms with Crippen LogP contribution in [0.1, 0.15) is 49.7 Å². The monoisotopic (exact) mass is 441 g/mol. The van der Waals surface area contributed by atoms with E-state index in [9.17, 15) is 13.2 Å². The molecule has 0 bridgehead atoms. The Bertz CT molecular complexity index is 976. The number of carbonyl (C=O) groups excluding carboxylic acids is 1. The van der Waals surface area contributed by atoms with Crippen molar-refractivity contribution >= 4 is 21.6 Å². The number of sulfonamides is 1. The van der Waals surface area contributed by atoms with Gasteiger partial charge in [0.1, 0.15) is 0 Å². The van der Waals surface area contributed by atoms with Gasteiger partial charge in [0.2, 0.25) is 10.0 Å². The second kappa shape index (κ2) is 11.2. The molecule has 6 nitrogen and oxygen atoms in total. The third-order valence-electron chi connectivity index (χ3n) is 5.49. The van der Waals surface area contributed by atoms with Crippen LogP contribution in [0.2, 0.25) is 0 Å². The average Bonchev–Trinajstić information content (AvgIpc) is 3.05. The van der Waals surface area contributed by atoms with E-state index in [1.165, 1.54) is 17.1 Å². The van der Waals surface area contributed by atoms with Gasteiger partial charge in [-0.25, -0.2) is 13.8 Å². The highest BCUT2D eigenvalue weighted by atomic mass is 32.2. The van der Waals surface area contributed by atoms with Crippen molar-refractivity contribution in [1.82, 2.24) is 9.73 Å². The summed E-state index contributed by atoms with van der Waals surface area (Å²) in [4.78, 5) is 12.8. The van der Waals surface area contributed by atoms with Crippen LogP contribution in [0.25, 0.3) is 0 Å². The van der Waals surface area contributed by atoms with E-state index in [0.717, 1.165) is 42.5 Å². The number of hydrogen-bond acceptors (Lipinski definition) is 4. The highest BCUT2D eigenvalue weighted by Gasteiger charge is 2.26. The molecule has 2 aromatic rings. The molecule has 1 saturated carbocycles. The van der Waals surface area contributed by atoms with Crippen molar-refractivity contribution in [2.45, 2.75) is 56.8 Å². The van der Waals surface area contributed by atoms with Crippen molar-refractivity contribution in [3.63, 3.8) is 0 Å². The Labute approximate surface area is 185 Å². The summed E-state index contributed by atoms with van der Waals surface area (Å²) < 4.78 is 27.8. The van der Waals surface area contributed by atoms with E-state index >= 15 is 0 Å². The van der Waals surface area contributed by atoms with Crippen LogP contribution in [-0.2, 0) is 21.2 Å². The Balaban J connectivity index is 1.73. The van der Waals surface area contributed by atoms with Gasteiger partial charge in [0, 0.05) is 12.3 Å². The molecule has 0 saturated heterocycles. The third kappa shape index (κ3) is 7.01. The molecule has 0 aromatic heterocycles. The molecule has 1 fully saturated rings. The van der Waals surface area contributed by atoms with Crippen molar-refractivity contribution < 1.29 is 13.2 Å². The second-order valence-corrected chi connectivity index (χ2v) is 9.95. The predicted octanol–water partition coefficient (Wildman–Crippen LogP) is 4.05. The number of hydrogen-bond donors (Lipinski definition) is 1. The quantitative estimate of drug-likeness (QED) is 0.496. The first-order valence-corrected chi connectivity index (χ1v) is 12.3. The Morgan fingerprint density at radius 3 is 2.26 bits per heavy atom. The molecule has 0 unspecified atom stereocenters. The van der Waals surface area contributed by atoms with E-state index in [1.54, 1.807) is 24.3 Å². The zero-order chi connectivity index (χ0) is 22.1. The standard InChI is InChI=1S/C24H31N3O3S/c1-20-13-15-23(16-14-20)31(29,30)27(18-17-21-9-5-4-6-10-21)19-24(28)26-25-22-11-7-2-3-8-12-22/h4-6,9-10,13-16H,2-3,7-8,11-12,17-19H2,1H3,(H,26,28). The summed E-state index contributed by atoms with van der Waals surface area (Å²) in [6.07, 6.45) is 6.84. The van der Waals surface area contributed by atoms with E-state index in [0.29, 0.717) is 6.42 Å². The summed E-state index contributed by atoms with van der Waals surface area (Å²) >= 11 is 0. The number of nitrogens with one attached hydrogen (secondary N) is 1. The van der Waals surface area contributed by atoms with Crippen molar-refractivity contribution in [2.24, 2.45) is 5.10 Å². The van der Waals surface area contributed by atoms with E-state index < -0.39 is 15.9 Å². The average molecular weight is 442 g/mol. The molecule has 31 heavy (non-hydrogen) atoms. The van der Waals surface area contributed by atoms with Gasteiger partial charge < -0.3 is 0 Å². The normalized spacial score (nSPS) is 14.8. The molecule has 1 aliphatic rings. The molecule has 0 radical (unpaired) electrons. The van der Waals surface area contributed by atoms with E-state index in [1.807, 2.05) is 37.3 Å². The first-order chi connectivity index (χ1) is 14.9. The zero-order valence-corrected chi connectivity index (χ0v) is 18.9. The van der Waals surface area contributed by atoms with Gasteiger partial charge in [-0.1, -0.05) is 60.9 Å². The van der Waals surface area contributed by atoms with Crippen LogP contribution in [0.4, 0.5) is 0 Å². The molecule has 2 aromatic carbocycles. The van der Waals surface area contributed by atoms with Crippen LogP contribution in [0.15, 0.2) is 64.6 Å². The minimum absolute atomic E-state index is 0.189. The summed E-state index contributed by atoms with van der Waals surface area (Å²) in [5, 5.41) is 4.28. The number of nitrogens with zero attached hydrogens (tertiary/aromatic N) is 2. The number of amides is 1. The number of rotatable bonds is 8. The molecule has 166 valence electrons. The highest BCUT2D eigenvalue weighted by molar-refractivity contribution is 7.89. The Morgan fingerprint density at radius 1 is 0.968 bits per heavy atom. The molecular formula is C24H31N3O3S. The number of aryl methyl sites for hydroxylation is 1. The van der Waals surface area contributed by atoms with Crippen LogP contribution in [-0.4, -0.2) is 37.4 Å². The zero-order valence-electron chi connectivity index (χ0n) is 18.1. The first kappa shape index (κ1) is 23.2. The van der Waals surface area contributed by atoms with Crippen molar-refractivity contribution in [1.29, 1.82) is 0 Å². The van der Waals surface area contributed by atoms with Gasteiger partial charge in [-0.15, -0.1) is 0 Å². The lowest BCUT2D eigenvalue weighted by atomic mass is 10.1. The molecule has 3 rings (SSSR count). The minimum atomic E-state index is -3.81. The fourth-order valence-electron chi connectivity index (χ4n) is 3.63. The van der Waals surface area contributed by atoms with E-state index in [-0.39, 0.29) is 18.0 Å². The Morgan fingerprint density at radius 2 is 1.61 bits per heavy atom. The maximum atomic E-state index is 13.3. The summed E-state index contributed by atoms with van der Waals surface area (Å²) in [5.74, 6) is -0.416. The highest BCUT2D eigenvalue weighted by Crippen LogP contribution is 2.18. The largest absolute Gasteiger partial charge is 0.272 e. The Hall–Kier alpha value is -2.51. The number of hydrazone groups is 1. The SMILES string of the molecule is Cc1ccc(S(=O)(=O)N(CCc2ccccc2)CC(=O)NN=C2CCCCCC2)cc1. The summed E-state index contributed by atoms with van der Waals surface area (Å²) in [6.45, 7) is 1.85. The molecule has 0 atom stereocenters. The number of carbonyl (C=O) groups is 1. The third-order valence-corrected chi connectivity index (χ3v) is 7.35. The maximum absolute atomic E-state index is 13.3. The van der Waals surface area contributed by atoms with Crippen LogP contribution < -0.4 is 5.43 Å². The lowest BCUT2D eigenvalue weighted by molar-refractivity contribution is -0.121. The van der Waals surface area contributed by atoms with Crippen molar-refractivity contribution in [3.05, 3.63) is 65.7 Å². The number of benzene rings is 2. The van der Waals surface area contributed by atoms with Gasteiger partial charge in [0.05, 0.1) is 11.4 Å². The molecule has 1 N–H and O–H groups in total. The van der Waals surface area contributed by atoms with Gasteiger partial charge in [-0.2, -0.15) is 9.41 Å². The van der Waals surface area contributed by atoms with Gasteiger partial charge in [0.25, 0.3) is 5.91 Å². The fourth-order valence-corrected chi connectivity index (χ4v) is 5.02. The molecule has 1 amide bonds. The second-order valence-electron chi connectivity index (χ2n) is 8.01. The fraction of sp³-hybridized carbons (Fsp3) is 0.417. The smallest absolute Gasteiger partial charge is 0.255 e. The first-order valence-electron chi connectivity index (χ1n) is 10.9. The lowest BCUT2D eigenvalue weighted by Gasteiger charge is -2.21. The van der Waals surface area contributed by atoms with Gasteiger partial charge in [-0.05, 0) is 56.7 Å². The van der Waals surface area contributed by atoms with Crippen LogP contribution >= 0.6 is 0 Å². The summed E-state index contributed by atoms with van der Waals surface area (Å²) in [7, 11) is -3.81. The minimum Gasteiger partial charge on any atom is -0.272 e. The molecule has 7 heteroatoms. The maximum Gasteiger partial charge on any atom is 0.255 e. The van der Waals surface area contributed by atoms with Crippen molar-refractivity contribution in [2.75, 3.05) is 13.1 Å². The Kier molecular flexibility index (Phi) is 8.37. The molecule has 0 aliphatic heterocycles. The van der Waals surface area contributed by atoms with E-state index in [4.69, 9.17) is 0 Å². The summed E-state index contributed by atoms with van der Waals surface area (Å²) in [5.41, 5.74) is 5.57. The molecule has 0 spiro atoms. The van der Waals surface area contributed by atoms with Crippen LogP contribution in [0.3, 0.4) is 0 Å². The molecule has 0 heterocycles. The summed E-state index contributed by atoms with van der Waals surface area (Å²) in [6, 6.07) is 16.4.